The Kier molecular flexibility index (Phi) is 11.2. The van der Waals surface area contributed by atoms with Crippen LogP contribution in [0, 0.1) is 0 Å². The second-order valence-corrected chi connectivity index (χ2v) is 8.81. The number of alkyl carbamates (subject to hydrolysis) is 1. The minimum absolute atomic E-state index is 0.224. The normalized spacial score (nSPS) is 13.1. The van der Waals surface area contributed by atoms with E-state index in [9.17, 15) is 24.0 Å². The lowest BCUT2D eigenvalue weighted by Crippen LogP contribution is -2.46. The van der Waals surface area contributed by atoms with Gasteiger partial charge in [0.2, 0.25) is 18.2 Å². The molecule has 0 bridgehead atoms. The van der Waals surface area contributed by atoms with Crippen LogP contribution in [0.5, 0.6) is 0 Å². The zero-order chi connectivity index (χ0) is 25.9. The van der Waals surface area contributed by atoms with Crippen LogP contribution in [-0.4, -0.2) is 53.3 Å². The molecule has 1 aliphatic rings. The van der Waals surface area contributed by atoms with Crippen LogP contribution in [0.1, 0.15) is 76.7 Å². The summed E-state index contributed by atoms with van der Waals surface area (Å²) in [6.07, 6.45) is 2.06. The lowest BCUT2D eigenvalue weighted by molar-refractivity contribution is -0.129. The molecule has 1 atom stereocenters. The molecule has 34 heavy (non-hydrogen) atoms. The number of fused-ring (bicyclic) bond motifs is 1. The Hall–Kier alpha value is -3.43. The molecule has 1 aliphatic heterocycles. The zero-order valence-corrected chi connectivity index (χ0v) is 20.8. The minimum atomic E-state index is -0.713. The number of amides is 5. The van der Waals surface area contributed by atoms with E-state index in [2.05, 4.69) is 16.0 Å². The number of carbonyl (C=O) groups is 5. The van der Waals surface area contributed by atoms with E-state index in [0.717, 1.165) is 6.42 Å². The van der Waals surface area contributed by atoms with E-state index in [-0.39, 0.29) is 24.5 Å². The van der Waals surface area contributed by atoms with Crippen molar-refractivity contribution in [1.29, 1.82) is 0 Å². The number of nitrogens with zero attached hydrogens (tertiary/aromatic N) is 1. The van der Waals surface area contributed by atoms with Crippen molar-refractivity contribution in [2.45, 2.75) is 79.0 Å². The molecule has 0 saturated carbocycles. The molecule has 0 saturated heterocycles. The Morgan fingerprint density at radius 2 is 1.85 bits per heavy atom. The predicted molar refractivity (Wildman–Crippen MR) is 128 cm³/mol. The second-order valence-electron chi connectivity index (χ2n) is 8.81. The van der Waals surface area contributed by atoms with Crippen molar-refractivity contribution in [1.82, 2.24) is 15.5 Å². The van der Waals surface area contributed by atoms with Crippen LogP contribution in [0.25, 0.3) is 0 Å². The standard InChI is InChI=1S/C16H19N3O4.C8H17NO2/c1-3-5-14(15(22)17-9-20)19-8-12-11(16(19)23)6-4-7-13(12)18-10(2)21;1-5-6-9-7(10)11-8(2,3)4/h4,6-7,9,14H,3,5,8H2,1-2H3,(H,18,21)(H,17,20,22);5-6H2,1-4H3,(H,9,10). The van der Waals surface area contributed by atoms with Crippen molar-refractivity contribution >= 4 is 35.9 Å². The molecule has 1 aromatic rings. The van der Waals surface area contributed by atoms with E-state index < -0.39 is 17.6 Å². The number of anilines is 1. The third-order valence-corrected chi connectivity index (χ3v) is 4.67. The van der Waals surface area contributed by atoms with Gasteiger partial charge in [-0.15, -0.1) is 0 Å². The Labute approximate surface area is 200 Å². The van der Waals surface area contributed by atoms with E-state index in [4.69, 9.17) is 4.74 Å². The largest absolute Gasteiger partial charge is 0.444 e. The summed E-state index contributed by atoms with van der Waals surface area (Å²) in [5.41, 5.74) is 1.33. The quantitative estimate of drug-likeness (QED) is 0.494. The molecular formula is C24H36N4O6. The maximum Gasteiger partial charge on any atom is 0.407 e. The second kappa shape index (κ2) is 13.3. The summed E-state index contributed by atoms with van der Waals surface area (Å²) < 4.78 is 4.99. The van der Waals surface area contributed by atoms with Gasteiger partial charge in [-0.1, -0.05) is 26.3 Å². The van der Waals surface area contributed by atoms with E-state index in [1.807, 2.05) is 34.6 Å². The highest BCUT2D eigenvalue weighted by Gasteiger charge is 2.37. The number of imide groups is 1. The van der Waals surface area contributed by atoms with Crippen LogP contribution in [0.4, 0.5) is 10.5 Å². The highest BCUT2D eigenvalue weighted by atomic mass is 16.6. The summed E-state index contributed by atoms with van der Waals surface area (Å²) >= 11 is 0. The summed E-state index contributed by atoms with van der Waals surface area (Å²) in [5, 5.41) is 7.44. The van der Waals surface area contributed by atoms with Gasteiger partial charge in [-0.05, 0) is 45.7 Å². The van der Waals surface area contributed by atoms with Gasteiger partial charge in [0.05, 0.1) is 0 Å². The maximum absolute atomic E-state index is 12.6. The van der Waals surface area contributed by atoms with Crippen LogP contribution in [-0.2, 0) is 25.7 Å². The lowest BCUT2D eigenvalue weighted by Gasteiger charge is -2.25. The summed E-state index contributed by atoms with van der Waals surface area (Å²) in [4.78, 5) is 58.8. The monoisotopic (exact) mass is 476 g/mol. The molecule has 0 fully saturated rings. The Morgan fingerprint density at radius 3 is 2.38 bits per heavy atom. The molecule has 1 aromatic carbocycles. The fourth-order valence-corrected chi connectivity index (χ4v) is 3.31. The lowest BCUT2D eigenvalue weighted by atomic mass is 10.1. The first kappa shape index (κ1) is 28.6. The van der Waals surface area contributed by atoms with Crippen molar-refractivity contribution in [2.24, 2.45) is 0 Å². The smallest absolute Gasteiger partial charge is 0.407 e. The third-order valence-electron chi connectivity index (χ3n) is 4.67. The van der Waals surface area contributed by atoms with E-state index in [0.29, 0.717) is 42.6 Å². The van der Waals surface area contributed by atoms with Gasteiger partial charge in [0, 0.05) is 36.8 Å². The van der Waals surface area contributed by atoms with E-state index in [1.165, 1.54) is 11.8 Å². The SMILES string of the molecule is CCCC(C(=O)NC=O)N1Cc2c(NC(C)=O)cccc2C1=O.CCCNC(=O)OC(C)(C)C. The summed E-state index contributed by atoms with van der Waals surface area (Å²) in [5.74, 6) is -0.996. The van der Waals surface area contributed by atoms with Crippen molar-refractivity contribution < 1.29 is 28.7 Å². The van der Waals surface area contributed by atoms with Crippen molar-refractivity contribution in [3.63, 3.8) is 0 Å². The van der Waals surface area contributed by atoms with Crippen LogP contribution in [0.15, 0.2) is 18.2 Å². The zero-order valence-electron chi connectivity index (χ0n) is 20.8. The highest BCUT2D eigenvalue weighted by Crippen LogP contribution is 2.31. The summed E-state index contributed by atoms with van der Waals surface area (Å²) in [6.45, 7) is 11.7. The highest BCUT2D eigenvalue weighted by molar-refractivity contribution is 6.04. The molecule has 3 N–H and O–H groups in total. The number of hydrogen-bond donors (Lipinski definition) is 3. The fourth-order valence-electron chi connectivity index (χ4n) is 3.31. The molecule has 0 radical (unpaired) electrons. The molecule has 0 aromatic heterocycles. The van der Waals surface area contributed by atoms with E-state index in [1.54, 1.807) is 18.2 Å². The summed E-state index contributed by atoms with van der Waals surface area (Å²) in [6, 6.07) is 4.36. The van der Waals surface area contributed by atoms with Crippen LogP contribution in [0.3, 0.4) is 0 Å². The van der Waals surface area contributed by atoms with Crippen LogP contribution in [0.2, 0.25) is 0 Å². The fraction of sp³-hybridized carbons (Fsp3) is 0.542. The average Bonchev–Trinajstić information content (AvgIpc) is 3.07. The van der Waals surface area contributed by atoms with Gasteiger partial charge < -0.3 is 20.3 Å². The molecular weight excluding hydrogens is 440 g/mol. The number of hydrogen-bond acceptors (Lipinski definition) is 6. The van der Waals surface area contributed by atoms with E-state index >= 15 is 0 Å². The van der Waals surface area contributed by atoms with Crippen LogP contribution < -0.4 is 16.0 Å². The Bertz CT molecular complexity index is 894. The molecule has 188 valence electrons. The molecule has 10 nitrogen and oxygen atoms in total. The maximum atomic E-state index is 12.6. The number of benzene rings is 1. The molecule has 10 heteroatoms. The molecule has 2 rings (SSSR count). The molecule has 0 spiro atoms. The van der Waals surface area contributed by atoms with Gasteiger partial charge in [-0.25, -0.2) is 4.79 Å². The van der Waals surface area contributed by atoms with Gasteiger partial charge in [0.25, 0.3) is 5.91 Å². The van der Waals surface area contributed by atoms with Gasteiger partial charge >= 0.3 is 6.09 Å². The van der Waals surface area contributed by atoms with Gasteiger partial charge in [0.15, 0.2) is 0 Å². The molecule has 5 amide bonds. The topological polar surface area (TPSA) is 134 Å². The number of carbonyl (C=O) groups excluding carboxylic acids is 5. The molecule has 1 heterocycles. The first-order chi connectivity index (χ1) is 15.9. The van der Waals surface area contributed by atoms with Crippen molar-refractivity contribution in [2.75, 3.05) is 11.9 Å². The summed E-state index contributed by atoms with van der Waals surface area (Å²) in [7, 11) is 0. The van der Waals surface area contributed by atoms with Gasteiger partial charge in [-0.3, -0.25) is 24.5 Å². The first-order valence-corrected chi connectivity index (χ1v) is 11.4. The average molecular weight is 477 g/mol. The van der Waals surface area contributed by atoms with Crippen molar-refractivity contribution in [3.05, 3.63) is 29.3 Å². The number of rotatable bonds is 8. The Balaban J connectivity index is 0.000000445. The predicted octanol–water partition coefficient (Wildman–Crippen LogP) is 2.96. The first-order valence-electron chi connectivity index (χ1n) is 11.4. The van der Waals surface area contributed by atoms with Gasteiger partial charge in [0.1, 0.15) is 11.6 Å². The van der Waals surface area contributed by atoms with Gasteiger partial charge in [-0.2, -0.15) is 0 Å². The molecule has 1 unspecified atom stereocenters. The van der Waals surface area contributed by atoms with Crippen molar-refractivity contribution in [3.8, 4) is 0 Å². The van der Waals surface area contributed by atoms with Crippen LogP contribution >= 0.6 is 0 Å². The number of ether oxygens (including phenoxy) is 1. The Morgan fingerprint density at radius 1 is 1.18 bits per heavy atom. The minimum Gasteiger partial charge on any atom is -0.444 e. The third kappa shape index (κ3) is 8.84. The molecule has 0 aliphatic carbocycles. The number of nitrogens with one attached hydrogen (secondary N) is 3.